The molecule has 0 aliphatic heterocycles. The number of ether oxygens (including phenoxy) is 2. The minimum absolute atomic E-state index is 0.254. The lowest BCUT2D eigenvalue weighted by Gasteiger charge is -2.21. The third kappa shape index (κ3) is 10.8. The highest BCUT2D eigenvalue weighted by molar-refractivity contribution is 4.76. The Morgan fingerprint density at radius 2 is 1.00 bits per heavy atom. The average Bonchev–Trinajstić information content (AvgIpc) is 2.48. The summed E-state index contributed by atoms with van der Waals surface area (Å²) in [5, 5.41) is 0. The second-order valence-corrected chi connectivity index (χ2v) is 4.80. The highest BCUT2D eigenvalue weighted by Crippen LogP contribution is 2.16. The summed E-state index contributed by atoms with van der Waals surface area (Å²) in [5.41, 5.74) is 0. The first-order chi connectivity index (χ1) is 9.78. The molecule has 0 aliphatic carbocycles. The molecule has 0 amide bonds. The molecule has 0 bridgehead atoms. The lowest BCUT2D eigenvalue weighted by molar-refractivity contribution is 0.0240. The Morgan fingerprint density at radius 1 is 0.600 bits per heavy atom. The lowest BCUT2D eigenvalue weighted by atomic mass is 10.0. The minimum Gasteiger partial charge on any atom is -0.374 e. The van der Waals surface area contributed by atoms with E-state index in [1.165, 1.54) is 0 Å². The highest BCUT2D eigenvalue weighted by Gasteiger charge is 2.13. The van der Waals surface area contributed by atoms with Gasteiger partial charge in [0.05, 0.1) is 25.4 Å². The first kappa shape index (κ1) is 18.9. The molecule has 0 heterocycles. The Morgan fingerprint density at radius 3 is 1.30 bits per heavy atom. The summed E-state index contributed by atoms with van der Waals surface area (Å²) in [6, 6.07) is 0. The van der Waals surface area contributed by atoms with E-state index in [0.29, 0.717) is 13.2 Å². The molecule has 2 unspecified atom stereocenters. The molecule has 0 radical (unpaired) electrons. The molecule has 2 heteroatoms. The SMILES string of the molecule is C=CCCC(CCC(CCC=C)OCC=C)OCC=C. The Hall–Kier alpha value is -1.12. The first-order valence-electron chi connectivity index (χ1n) is 7.45. The van der Waals surface area contributed by atoms with Crippen molar-refractivity contribution in [3.05, 3.63) is 50.6 Å². The smallest absolute Gasteiger partial charge is 0.0648 e. The van der Waals surface area contributed by atoms with E-state index < -0.39 is 0 Å². The molecular formula is C18H30O2. The van der Waals surface area contributed by atoms with Gasteiger partial charge in [-0.1, -0.05) is 24.3 Å². The second kappa shape index (κ2) is 14.3. The number of hydrogen-bond acceptors (Lipinski definition) is 2. The van der Waals surface area contributed by atoms with Gasteiger partial charge in [-0.05, 0) is 38.5 Å². The Labute approximate surface area is 124 Å². The summed E-state index contributed by atoms with van der Waals surface area (Å²) in [4.78, 5) is 0. The standard InChI is InChI=1S/C18H30O2/c1-5-9-11-17(19-15-7-3)13-14-18(12-10-6-2)20-16-8-4/h5-8,17-18H,1-4,9-16H2. The van der Waals surface area contributed by atoms with Crippen LogP contribution in [0.2, 0.25) is 0 Å². The average molecular weight is 278 g/mol. The molecule has 0 saturated carbocycles. The maximum atomic E-state index is 5.79. The van der Waals surface area contributed by atoms with Crippen molar-refractivity contribution in [1.82, 2.24) is 0 Å². The van der Waals surface area contributed by atoms with Crippen LogP contribution in [0, 0.1) is 0 Å². The molecule has 0 aromatic heterocycles. The predicted molar refractivity (Wildman–Crippen MR) is 88.0 cm³/mol. The van der Waals surface area contributed by atoms with E-state index in [1.807, 2.05) is 12.2 Å². The summed E-state index contributed by atoms with van der Waals surface area (Å²) in [6.07, 6.45) is 13.9. The van der Waals surface area contributed by atoms with Crippen molar-refractivity contribution in [2.24, 2.45) is 0 Å². The van der Waals surface area contributed by atoms with Crippen LogP contribution in [0.25, 0.3) is 0 Å². The zero-order valence-corrected chi connectivity index (χ0v) is 12.8. The summed E-state index contributed by atoms with van der Waals surface area (Å²) >= 11 is 0. The highest BCUT2D eigenvalue weighted by atomic mass is 16.5. The van der Waals surface area contributed by atoms with E-state index in [9.17, 15) is 0 Å². The molecule has 2 nitrogen and oxygen atoms in total. The fraction of sp³-hybridized carbons (Fsp3) is 0.556. The summed E-state index contributed by atoms with van der Waals surface area (Å²) in [7, 11) is 0. The number of hydrogen-bond donors (Lipinski definition) is 0. The summed E-state index contributed by atoms with van der Waals surface area (Å²) in [6.45, 7) is 16.1. The largest absolute Gasteiger partial charge is 0.374 e. The van der Waals surface area contributed by atoms with Crippen molar-refractivity contribution in [3.63, 3.8) is 0 Å². The van der Waals surface area contributed by atoms with E-state index >= 15 is 0 Å². The Balaban J connectivity index is 4.17. The van der Waals surface area contributed by atoms with Crippen molar-refractivity contribution in [1.29, 1.82) is 0 Å². The van der Waals surface area contributed by atoms with Crippen molar-refractivity contribution >= 4 is 0 Å². The van der Waals surface area contributed by atoms with Crippen molar-refractivity contribution in [3.8, 4) is 0 Å². The third-order valence-electron chi connectivity index (χ3n) is 3.10. The fourth-order valence-electron chi connectivity index (χ4n) is 2.01. The van der Waals surface area contributed by atoms with Gasteiger partial charge in [0.25, 0.3) is 0 Å². The van der Waals surface area contributed by atoms with Crippen LogP contribution in [0.3, 0.4) is 0 Å². The van der Waals surface area contributed by atoms with Gasteiger partial charge in [0.2, 0.25) is 0 Å². The van der Waals surface area contributed by atoms with Crippen LogP contribution in [0.5, 0.6) is 0 Å². The maximum Gasteiger partial charge on any atom is 0.0648 e. The quantitative estimate of drug-likeness (QED) is 0.399. The molecule has 0 rings (SSSR count). The van der Waals surface area contributed by atoms with E-state index in [-0.39, 0.29) is 12.2 Å². The molecule has 0 aliphatic rings. The molecule has 0 fully saturated rings. The van der Waals surface area contributed by atoms with Crippen LogP contribution >= 0.6 is 0 Å². The van der Waals surface area contributed by atoms with E-state index in [4.69, 9.17) is 9.47 Å². The van der Waals surface area contributed by atoms with Crippen LogP contribution in [0.15, 0.2) is 50.6 Å². The predicted octanol–water partition coefficient (Wildman–Crippen LogP) is 4.84. The topological polar surface area (TPSA) is 18.5 Å². The second-order valence-electron chi connectivity index (χ2n) is 4.80. The lowest BCUT2D eigenvalue weighted by Crippen LogP contribution is -2.19. The van der Waals surface area contributed by atoms with Gasteiger partial charge in [-0.2, -0.15) is 0 Å². The van der Waals surface area contributed by atoms with Gasteiger partial charge in [0, 0.05) is 0 Å². The molecular weight excluding hydrogens is 248 g/mol. The van der Waals surface area contributed by atoms with Crippen LogP contribution < -0.4 is 0 Å². The van der Waals surface area contributed by atoms with Crippen LogP contribution in [-0.4, -0.2) is 25.4 Å². The van der Waals surface area contributed by atoms with Crippen LogP contribution in [0.4, 0.5) is 0 Å². The minimum atomic E-state index is 0.254. The summed E-state index contributed by atoms with van der Waals surface area (Å²) < 4.78 is 11.6. The molecule has 0 N–H and O–H groups in total. The van der Waals surface area contributed by atoms with Gasteiger partial charge in [0.15, 0.2) is 0 Å². The van der Waals surface area contributed by atoms with Gasteiger partial charge < -0.3 is 9.47 Å². The Kier molecular flexibility index (Phi) is 13.5. The van der Waals surface area contributed by atoms with Gasteiger partial charge >= 0.3 is 0 Å². The van der Waals surface area contributed by atoms with Gasteiger partial charge in [-0.25, -0.2) is 0 Å². The van der Waals surface area contributed by atoms with Gasteiger partial charge in [0.1, 0.15) is 0 Å². The molecule has 0 saturated heterocycles. The first-order valence-corrected chi connectivity index (χ1v) is 7.45. The van der Waals surface area contributed by atoms with Crippen molar-refractivity contribution in [2.45, 2.75) is 50.7 Å². The van der Waals surface area contributed by atoms with Crippen molar-refractivity contribution < 1.29 is 9.47 Å². The van der Waals surface area contributed by atoms with Gasteiger partial charge in [-0.3, -0.25) is 0 Å². The van der Waals surface area contributed by atoms with E-state index in [1.54, 1.807) is 12.2 Å². The van der Waals surface area contributed by atoms with Crippen LogP contribution in [-0.2, 0) is 9.47 Å². The molecule has 0 spiro atoms. The molecule has 114 valence electrons. The number of rotatable bonds is 15. The van der Waals surface area contributed by atoms with E-state index in [2.05, 4.69) is 26.3 Å². The van der Waals surface area contributed by atoms with Gasteiger partial charge in [-0.15, -0.1) is 26.3 Å². The monoisotopic (exact) mass is 278 g/mol. The maximum absolute atomic E-state index is 5.79. The van der Waals surface area contributed by atoms with E-state index in [0.717, 1.165) is 38.5 Å². The molecule has 2 atom stereocenters. The van der Waals surface area contributed by atoms with Crippen LogP contribution in [0.1, 0.15) is 38.5 Å². The zero-order valence-electron chi connectivity index (χ0n) is 12.8. The molecule has 0 aromatic carbocycles. The normalized spacial score (nSPS) is 13.4. The molecule has 20 heavy (non-hydrogen) atoms. The fourth-order valence-corrected chi connectivity index (χ4v) is 2.01. The zero-order chi connectivity index (χ0) is 15.1. The third-order valence-corrected chi connectivity index (χ3v) is 3.10. The van der Waals surface area contributed by atoms with Crippen molar-refractivity contribution in [2.75, 3.05) is 13.2 Å². The molecule has 0 aromatic rings. The number of allylic oxidation sites excluding steroid dienone is 2. The summed E-state index contributed by atoms with van der Waals surface area (Å²) in [5.74, 6) is 0. The Bertz CT molecular complexity index is 219.